The van der Waals surface area contributed by atoms with Gasteiger partial charge in [-0.1, -0.05) is 36.5 Å². The van der Waals surface area contributed by atoms with Crippen molar-refractivity contribution in [2.24, 2.45) is 11.7 Å². The average Bonchev–Trinajstić information content (AvgIpc) is 2.76. The molecule has 1 heterocycles. The van der Waals surface area contributed by atoms with Crippen LogP contribution in [0.3, 0.4) is 0 Å². The van der Waals surface area contributed by atoms with E-state index in [9.17, 15) is 0 Å². The monoisotopic (exact) mass is 300 g/mol. The molecular weight excluding hydrogens is 279 g/mol. The van der Waals surface area contributed by atoms with Crippen molar-refractivity contribution in [3.05, 3.63) is 33.8 Å². The highest BCUT2D eigenvalue weighted by Gasteiger charge is 2.26. The second-order valence-electron chi connectivity index (χ2n) is 5.51. The van der Waals surface area contributed by atoms with Gasteiger partial charge in [-0.25, -0.2) is 0 Å². The quantitative estimate of drug-likeness (QED) is 0.892. The second-order valence-corrected chi connectivity index (χ2v) is 6.39. The van der Waals surface area contributed by atoms with E-state index in [0.717, 1.165) is 26.1 Å². The molecule has 0 bridgehead atoms. The van der Waals surface area contributed by atoms with Crippen molar-refractivity contribution in [2.45, 2.75) is 38.8 Å². The summed E-state index contributed by atoms with van der Waals surface area (Å²) in [6.07, 6.45) is 3.50. The van der Waals surface area contributed by atoms with E-state index in [4.69, 9.17) is 28.9 Å². The number of benzene rings is 1. The third-order valence-electron chi connectivity index (χ3n) is 3.86. The van der Waals surface area contributed by atoms with Gasteiger partial charge in [0.1, 0.15) is 0 Å². The molecule has 0 amide bonds. The molecule has 0 aromatic heterocycles. The van der Waals surface area contributed by atoms with Crippen molar-refractivity contribution in [2.75, 3.05) is 13.1 Å². The average molecular weight is 301 g/mol. The van der Waals surface area contributed by atoms with Crippen LogP contribution in [-0.4, -0.2) is 24.0 Å². The molecule has 2 atom stereocenters. The maximum absolute atomic E-state index is 6.22. The van der Waals surface area contributed by atoms with Crippen molar-refractivity contribution in [1.29, 1.82) is 0 Å². The molecular formula is C15H22Cl2N2. The molecule has 4 heteroatoms. The topological polar surface area (TPSA) is 29.3 Å². The van der Waals surface area contributed by atoms with Crippen LogP contribution in [0.4, 0.5) is 0 Å². The maximum atomic E-state index is 6.22. The lowest BCUT2D eigenvalue weighted by atomic mass is 9.96. The Kier molecular flexibility index (Phi) is 5.52. The predicted octanol–water partition coefficient (Wildman–Crippen LogP) is 3.94. The van der Waals surface area contributed by atoms with Crippen LogP contribution in [0, 0.1) is 5.92 Å². The van der Waals surface area contributed by atoms with Gasteiger partial charge in [0.05, 0.1) is 0 Å². The Bertz CT molecular complexity index is 402. The summed E-state index contributed by atoms with van der Waals surface area (Å²) in [7, 11) is 0. The summed E-state index contributed by atoms with van der Waals surface area (Å²) in [6, 6.07) is 6.11. The minimum atomic E-state index is 0.345. The minimum absolute atomic E-state index is 0.345. The van der Waals surface area contributed by atoms with Crippen LogP contribution >= 0.6 is 23.2 Å². The molecule has 19 heavy (non-hydrogen) atoms. The standard InChI is InChI=1S/C15H22Cl2N2/c1-2-3-15(18)12-4-5-19(10-12)9-11-6-13(16)8-14(17)7-11/h6-8,12,15H,2-5,9-10,18H2,1H3/t12-,15?/m1/s1. The zero-order valence-electron chi connectivity index (χ0n) is 11.4. The van der Waals surface area contributed by atoms with Crippen LogP contribution in [-0.2, 0) is 6.54 Å². The first-order valence-corrected chi connectivity index (χ1v) is 7.77. The van der Waals surface area contributed by atoms with Crippen LogP contribution in [0.15, 0.2) is 18.2 Å². The number of nitrogens with zero attached hydrogens (tertiary/aromatic N) is 1. The number of hydrogen-bond donors (Lipinski definition) is 1. The fourth-order valence-electron chi connectivity index (χ4n) is 2.89. The van der Waals surface area contributed by atoms with Crippen molar-refractivity contribution in [3.8, 4) is 0 Å². The van der Waals surface area contributed by atoms with E-state index >= 15 is 0 Å². The molecule has 2 rings (SSSR count). The summed E-state index contributed by atoms with van der Waals surface area (Å²) in [5, 5.41) is 1.42. The van der Waals surface area contributed by atoms with E-state index in [-0.39, 0.29) is 0 Å². The second kappa shape index (κ2) is 6.94. The molecule has 1 unspecified atom stereocenters. The Morgan fingerprint density at radius 3 is 2.63 bits per heavy atom. The van der Waals surface area contributed by atoms with Gasteiger partial charge in [0.2, 0.25) is 0 Å². The zero-order chi connectivity index (χ0) is 13.8. The Morgan fingerprint density at radius 2 is 2.00 bits per heavy atom. The van der Waals surface area contributed by atoms with Gasteiger partial charge < -0.3 is 5.73 Å². The van der Waals surface area contributed by atoms with Gasteiger partial charge >= 0.3 is 0 Å². The third kappa shape index (κ3) is 4.35. The van der Waals surface area contributed by atoms with E-state index in [0.29, 0.717) is 22.0 Å². The molecule has 0 spiro atoms. The molecule has 0 radical (unpaired) electrons. The number of rotatable bonds is 5. The first kappa shape index (κ1) is 15.1. The van der Waals surface area contributed by atoms with Gasteiger partial charge in [0.25, 0.3) is 0 Å². The number of nitrogens with two attached hydrogens (primary N) is 1. The molecule has 106 valence electrons. The molecule has 2 nitrogen and oxygen atoms in total. The van der Waals surface area contributed by atoms with Crippen molar-refractivity contribution in [1.82, 2.24) is 4.90 Å². The zero-order valence-corrected chi connectivity index (χ0v) is 12.9. The van der Waals surface area contributed by atoms with Gasteiger partial charge in [0, 0.05) is 29.2 Å². The fourth-order valence-corrected chi connectivity index (χ4v) is 3.46. The summed E-state index contributed by atoms with van der Waals surface area (Å²) in [5.74, 6) is 0.634. The molecule has 1 aromatic carbocycles. The molecule has 1 aliphatic rings. The maximum Gasteiger partial charge on any atom is 0.0424 e. The van der Waals surface area contributed by atoms with Gasteiger partial charge in [-0.2, -0.15) is 0 Å². The van der Waals surface area contributed by atoms with E-state index in [1.54, 1.807) is 6.07 Å². The summed E-state index contributed by atoms with van der Waals surface area (Å²) < 4.78 is 0. The first-order valence-electron chi connectivity index (χ1n) is 7.01. The highest BCUT2D eigenvalue weighted by atomic mass is 35.5. The van der Waals surface area contributed by atoms with E-state index in [1.165, 1.54) is 18.4 Å². The normalized spacial score (nSPS) is 21.8. The Morgan fingerprint density at radius 1 is 1.32 bits per heavy atom. The van der Waals surface area contributed by atoms with Crippen molar-refractivity contribution >= 4 is 23.2 Å². The van der Waals surface area contributed by atoms with E-state index in [1.807, 2.05) is 12.1 Å². The molecule has 2 N–H and O–H groups in total. The van der Waals surface area contributed by atoms with Gasteiger partial charge in [-0.05, 0) is 49.1 Å². The molecule has 1 aliphatic heterocycles. The molecule has 0 aliphatic carbocycles. The van der Waals surface area contributed by atoms with Crippen LogP contribution in [0.25, 0.3) is 0 Å². The van der Waals surface area contributed by atoms with E-state index in [2.05, 4.69) is 11.8 Å². The number of hydrogen-bond acceptors (Lipinski definition) is 2. The van der Waals surface area contributed by atoms with Crippen LogP contribution in [0.5, 0.6) is 0 Å². The molecule has 1 aromatic rings. The summed E-state index contributed by atoms with van der Waals surface area (Å²) in [4.78, 5) is 2.45. The van der Waals surface area contributed by atoms with Gasteiger partial charge in [-0.3, -0.25) is 4.90 Å². The van der Waals surface area contributed by atoms with Crippen LogP contribution in [0.2, 0.25) is 10.0 Å². The Balaban J connectivity index is 1.91. The summed E-state index contributed by atoms with van der Waals surface area (Å²) >= 11 is 12.1. The fraction of sp³-hybridized carbons (Fsp3) is 0.600. The van der Waals surface area contributed by atoms with Crippen molar-refractivity contribution in [3.63, 3.8) is 0 Å². The summed E-state index contributed by atoms with van der Waals surface area (Å²) in [6.45, 7) is 5.31. The Labute approximate surface area is 125 Å². The lowest BCUT2D eigenvalue weighted by Crippen LogP contribution is -2.32. The minimum Gasteiger partial charge on any atom is -0.327 e. The Hall–Kier alpha value is -0.280. The van der Waals surface area contributed by atoms with Gasteiger partial charge in [-0.15, -0.1) is 0 Å². The SMILES string of the molecule is CCCC(N)[C@@H]1CCN(Cc2cc(Cl)cc(Cl)c2)C1. The largest absolute Gasteiger partial charge is 0.327 e. The highest BCUT2D eigenvalue weighted by molar-refractivity contribution is 6.34. The number of likely N-dealkylation sites (tertiary alicyclic amines) is 1. The lowest BCUT2D eigenvalue weighted by molar-refractivity contribution is 0.302. The lowest BCUT2D eigenvalue weighted by Gasteiger charge is -2.20. The molecule has 1 saturated heterocycles. The van der Waals surface area contributed by atoms with E-state index < -0.39 is 0 Å². The smallest absolute Gasteiger partial charge is 0.0424 e. The van der Waals surface area contributed by atoms with Gasteiger partial charge in [0.15, 0.2) is 0 Å². The van der Waals surface area contributed by atoms with Crippen molar-refractivity contribution < 1.29 is 0 Å². The predicted molar refractivity (Wildman–Crippen MR) is 82.7 cm³/mol. The summed E-state index contributed by atoms with van der Waals surface area (Å²) in [5.41, 5.74) is 7.41. The molecule has 1 fully saturated rings. The first-order chi connectivity index (χ1) is 9.08. The number of halogens is 2. The molecule has 0 saturated carbocycles. The van der Waals surface area contributed by atoms with Crippen LogP contribution < -0.4 is 5.73 Å². The van der Waals surface area contributed by atoms with Crippen LogP contribution in [0.1, 0.15) is 31.7 Å². The highest BCUT2D eigenvalue weighted by Crippen LogP contribution is 2.25. The third-order valence-corrected chi connectivity index (χ3v) is 4.30.